The van der Waals surface area contributed by atoms with Crippen molar-refractivity contribution >= 4 is 50.8 Å². The fourth-order valence-corrected chi connectivity index (χ4v) is 3.25. The van der Waals surface area contributed by atoms with Crippen molar-refractivity contribution in [2.24, 2.45) is 0 Å². The summed E-state index contributed by atoms with van der Waals surface area (Å²) in [6.07, 6.45) is 0. The maximum absolute atomic E-state index is 12.0. The molecule has 0 aliphatic rings. The van der Waals surface area contributed by atoms with E-state index in [2.05, 4.69) is 10.0 Å². The summed E-state index contributed by atoms with van der Waals surface area (Å²) in [6.45, 7) is -0.564. The number of anilines is 1. The van der Waals surface area contributed by atoms with Gasteiger partial charge in [-0.15, -0.1) is 0 Å². The number of amides is 1. The predicted molar refractivity (Wildman–Crippen MR) is 98.1 cm³/mol. The fourth-order valence-electron chi connectivity index (χ4n) is 1.95. The van der Waals surface area contributed by atoms with Gasteiger partial charge >= 0.3 is 5.97 Å². The molecule has 2 aromatic carbocycles. The molecule has 2 N–H and O–H groups in total. The molecule has 2 rings (SSSR count). The average molecular weight is 417 g/mol. The minimum Gasteiger partial charge on any atom is -0.452 e. The molecular formula is C16H14Cl2N2O5S. The largest absolute Gasteiger partial charge is 0.452 e. The molecule has 0 bridgehead atoms. The van der Waals surface area contributed by atoms with E-state index in [1.165, 1.54) is 43.4 Å². The first kappa shape index (κ1) is 20.2. The van der Waals surface area contributed by atoms with Gasteiger partial charge in [-0.05, 0) is 43.4 Å². The Labute approximate surface area is 160 Å². The first-order chi connectivity index (χ1) is 12.2. The molecule has 138 valence electrons. The number of ether oxygens (including phenoxy) is 1. The van der Waals surface area contributed by atoms with Gasteiger partial charge in [0.25, 0.3) is 5.91 Å². The molecule has 0 radical (unpaired) electrons. The molecule has 2 aromatic rings. The van der Waals surface area contributed by atoms with E-state index in [1.807, 2.05) is 0 Å². The van der Waals surface area contributed by atoms with E-state index in [1.54, 1.807) is 0 Å². The van der Waals surface area contributed by atoms with Crippen molar-refractivity contribution in [3.05, 3.63) is 58.1 Å². The third kappa shape index (κ3) is 5.43. The highest BCUT2D eigenvalue weighted by atomic mass is 35.5. The van der Waals surface area contributed by atoms with E-state index in [9.17, 15) is 18.0 Å². The number of carbonyl (C=O) groups is 2. The van der Waals surface area contributed by atoms with Crippen LogP contribution >= 0.6 is 23.2 Å². The molecule has 0 aromatic heterocycles. The quantitative estimate of drug-likeness (QED) is 0.704. The number of carbonyl (C=O) groups excluding carboxylic acids is 2. The molecule has 0 saturated heterocycles. The molecule has 10 heteroatoms. The second-order valence-corrected chi connectivity index (χ2v) is 7.78. The lowest BCUT2D eigenvalue weighted by Gasteiger charge is -2.08. The highest BCUT2D eigenvalue weighted by Crippen LogP contribution is 2.22. The Morgan fingerprint density at radius 3 is 2.35 bits per heavy atom. The van der Waals surface area contributed by atoms with Crippen LogP contribution in [-0.4, -0.2) is 33.9 Å². The monoisotopic (exact) mass is 416 g/mol. The summed E-state index contributed by atoms with van der Waals surface area (Å²) in [5, 5.41) is 3.16. The second kappa shape index (κ2) is 8.50. The summed E-state index contributed by atoms with van der Waals surface area (Å²) in [6, 6.07) is 9.74. The zero-order chi connectivity index (χ0) is 19.3. The number of rotatable bonds is 6. The zero-order valence-corrected chi connectivity index (χ0v) is 15.8. The van der Waals surface area contributed by atoms with Gasteiger partial charge in [-0.25, -0.2) is 17.9 Å². The van der Waals surface area contributed by atoms with Gasteiger partial charge in [0, 0.05) is 15.7 Å². The summed E-state index contributed by atoms with van der Waals surface area (Å²) in [5.41, 5.74) is 0.352. The Morgan fingerprint density at radius 2 is 1.73 bits per heavy atom. The van der Waals surface area contributed by atoms with Crippen LogP contribution in [-0.2, 0) is 19.6 Å². The first-order valence-corrected chi connectivity index (χ1v) is 9.42. The number of sulfonamides is 1. The van der Waals surface area contributed by atoms with E-state index in [-0.39, 0.29) is 10.5 Å². The second-order valence-electron chi connectivity index (χ2n) is 5.02. The molecule has 0 unspecified atom stereocenters. The number of hydrogen-bond donors (Lipinski definition) is 2. The first-order valence-electron chi connectivity index (χ1n) is 7.18. The van der Waals surface area contributed by atoms with Crippen molar-refractivity contribution in [2.75, 3.05) is 19.0 Å². The topological polar surface area (TPSA) is 102 Å². The smallest absolute Gasteiger partial charge is 0.338 e. The van der Waals surface area contributed by atoms with Gasteiger partial charge in [0.1, 0.15) is 0 Å². The highest BCUT2D eigenvalue weighted by molar-refractivity contribution is 7.89. The van der Waals surface area contributed by atoms with Crippen LogP contribution in [0.5, 0.6) is 0 Å². The third-order valence-electron chi connectivity index (χ3n) is 3.13. The summed E-state index contributed by atoms with van der Waals surface area (Å²) in [7, 11) is -2.44. The maximum atomic E-state index is 12.0. The number of halogens is 2. The molecule has 7 nitrogen and oxygen atoms in total. The van der Waals surface area contributed by atoms with Crippen LogP contribution in [0.3, 0.4) is 0 Å². The molecular weight excluding hydrogens is 403 g/mol. The lowest BCUT2D eigenvalue weighted by atomic mass is 10.2. The van der Waals surface area contributed by atoms with Crippen molar-refractivity contribution in [1.29, 1.82) is 0 Å². The number of benzene rings is 2. The standard InChI is InChI=1S/C16H14Cl2N2O5S/c1-19-26(23,24)14-4-2-3-10(5-14)16(22)25-9-15(21)20-13-7-11(17)6-12(18)8-13/h2-8,19H,9H2,1H3,(H,20,21). The Balaban J connectivity index is 2.00. The SMILES string of the molecule is CNS(=O)(=O)c1cccc(C(=O)OCC(=O)Nc2cc(Cl)cc(Cl)c2)c1. The molecule has 0 spiro atoms. The van der Waals surface area contributed by atoms with Gasteiger partial charge in [-0.1, -0.05) is 29.3 Å². The van der Waals surface area contributed by atoms with E-state index in [0.29, 0.717) is 15.7 Å². The summed E-state index contributed by atoms with van der Waals surface area (Å²) >= 11 is 11.7. The zero-order valence-electron chi connectivity index (χ0n) is 13.5. The Morgan fingerprint density at radius 1 is 1.08 bits per heavy atom. The highest BCUT2D eigenvalue weighted by Gasteiger charge is 2.16. The van der Waals surface area contributed by atoms with E-state index in [0.717, 1.165) is 6.07 Å². The third-order valence-corrected chi connectivity index (χ3v) is 4.98. The fraction of sp³-hybridized carbons (Fsp3) is 0.125. The molecule has 26 heavy (non-hydrogen) atoms. The Kier molecular flexibility index (Phi) is 6.60. The Hall–Kier alpha value is -2.13. The predicted octanol–water partition coefficient (Wildman–Crippen LogP) is 2.70. The van der Waals surface area contributed by atoms with Gasteiger partial charge in [0.05, 0.1) is 10.5 Å². The van der Waals surface area contributed by atoms with Gasteiger partial charge in [0.15, 0.2) is 6.61 Å². The minimum absolute atomic E-state index is 0.0000694. The molecule has 0 atom stereocenters. The van der Waals surface area contributed by atoms with Crippen LogP contribution in [0.1, 0.15) is 10.4 Å². The summed E-state index contributed by atoms with van der Waals surface area (Å²) in [5.74, 6) is -1.44. The maximum Gasteiger partial charge on any atom is 0.338 e. The molecule has 0 aliphatic carbocycles. The van der Waals surface area contributed by atoms with Gasteiger partial charge in [-0.2, -0.15) is 0 Å². The summed E-state index contributed by atoms with van der Waals surface area (Å²) in [4.78, 5) is 23.8. The van der Waals surface area contributed by atoms with Crippen molar-refractivity contribution < 1.29 is 22.7 Å². The van der Waals surface area contributed by atoms with Crippen LogP contribution in [0.15, 0.2) is 47.4 Å². The van der Waals surface area contributed by atoms with Gasteiger partial charge < -0.3 is 10.1 Å². The lowest BCUT2D eigenvalue weighted by molar-refractivity contribution is -0.119. The molecule has 0 saturated carbocycles. The van der Waals surface area contributed by atoms with Crippen LogP contribution in [0.2, 0.25) is 10.0 Å². The minimum atomic E-state index is -3.70. The number of esters is 1. The van der Waals surface area contributed by atoms with Crippen LogP contribution in [0, 0.1) is 0 Å². The average Bonchev–Trinajstić information content (AvgIpc) is 2.59. The van der Waals surface area contributed by atoms with Crippen LogP contribution < -0.4 is 10.0 Å². The van der Waals surface area contributed by atoms with Crippen LogP contribution in [0.4, 0.5) is 5.69 Å². The molecule has 0 aliphatic heterocycles. The van der Waals surface area contributed by atoms with E-state index < -0.39 is 28.5 Å². The number of nitrogens with one attached hydrogen (secondary N) is 2. The van der Waals surface area contributed by atoms with Gasteiger partial charge in [-0.3, -0.25) is 4.79 Å². The van der Waals surface area contributed by atoms with E-state index >= 15 is 0 Å². The molecule has 0 heterocycles. The summed E-state index contributed by atoms with van der Waals surface area (Å²) < 4.78 is 30.5. The Bertz CT molecular complexity index is 927. The van der Waals surface area contributed by atoms with Crippen molar-refractivity contribution in [3.8, 4) is 0 Å². The van der Waals surface area contributed by atoms with Gasteiger partial charge in [0.2, 0.25) is 10.0 Å². The van der Waals surface area contributed by atoms with Crippen molar-refractivity contribution in [3.63, 3.8) is 0 Å². The van der Waals surface area contributed by atoms with Crippen molar-refractivity contribution in [1.82, 2.24) is 4.72 Å². The number of hydrogen-bond acceptors (Lipinski definition) is 5. The molecule has 0 fully saturated rings. The van der Waals surface area contributed by atoms with E-state index in [4.69, 9.17) is 27.9 Å². The lowest BCUT2D eigenvalue weighted by Crippen LogP contribution is -2.21. The normalized spacial score (nSPS) is 11.0. The van der Waals surface area contributed by atoms with Crippen molar-refractivity contribution in [2.45, 2.75) is 4.90 Å². The molecule has 1 amide bonds. The van der Waals surface area contributed by atoms with Crippen LogP contribution in [0.25, 0.3) is 0 Å².